The van der Waals surface area contributed by atoms with Crippen LogP contribution in [0, 0.1) is 36.0 Å². The van der Waals surface area contributed by atoms with E-state index in [9.17, 15) is 0 Å². The average Bonchev–Trinajstić information content (AvgIpc) is 2.93. The van der Waals surface area contributed by atoms with Gasteiger partial charge in [0.1, 0.15) is 0 Å². The van der Waals surface area contributed by atoms with Crippen molar-refractivity contribution in [2.24, 2.45) is 5.41 Å². The number of rotatable bonds is 4. The Morgan fingerprint density at radius 2 is 1.95 bits per heavy atom. The fraction of sp³-hybridized carbons (Fsp3) is 0.263. The largest absolute Gasteiger partial charge is 0.261 e. The molecule has 0 bridgehead atoms. The quantitative estimate of drug-likeness (QED) is 0.788. The molecule has 1 heterocycles. The van der Waals surface area contributed by atoms with Crippen molar-refractivity contribution in [1.29, 1.82) is 0 Å². The zero-order chi connectivity index (χ0) is 14.0. The van der Waals surface area contributed by atoms with Crippen LogP contribution in [-0.4, -0.2) is 4.98 Å². The monoisotopic (exact) mass is 262 g/mol. The number of hydrogen-bond acceptors (Lipinski definition) is 1. The highest BCUT2D eigenvalue weighted by Crippen LogP contribution is 2.54. The molecule has 1 saturated carbocycles. The molecule has 0 aromatic carbocycles. The van der Waals surface area contributed by atoms with Crippen LogP contribution >= 0.6 is 0 Å². The van der Waals surface area contributed by atoms with Crippen molar-refractivity contribution in [3.05, 3.63) is 85.0 Å². The predicted molar refractivity (Wildman–Crippen MR) is 82.9 cm³/mol. The summed E-state index contributed by atoms with van der Waals surface area (Å²) in [5, 5.41) is 0. The number of allylic oxidation sites excluding steroid dienone is 4. The number of pyridine rings is 1. The molecule has 2 aliphatic rings. The molecule has 101 valence electrons. The lowest BCUT2D eigenvalue weighted by atomic mass is 9.66. The van der Waals surface area contributed by atoms with Gasteiger partial charge in [0.25, 0.3) is 0 Å². The smallest absolute Gasteiger partial charge is 0.0409 e. The van der Waals surface area contributed by atoms with E-state index in [2.05, 4.69) is 68.1 Å². The van der Waals surface area contributed by atoms with Gasteiger partial charge in [-0.2, -0.15) is 0 Å². The highest BCUT2D eigenvalue weighted by atomic mass is 14.7. The van der Waals surface area contributed by atoms with Gasteiger partial charge in [-0.25, -0.2) is 0 Å². The first-order valence-electron chi connectivity index (χ1n) is 7.28. The Labute approximate surface area is 122 Å². The summed E-state index contributed by atoms with van der Waals surface area (Å²) in [5.74, 6) is 4.16. The van der Waals surface area contributed by atoms with E-state index in [1.54, 1.807) is 0 Å². The van der Waals surface area contributed by atoms with Crippen LogP contribution in [-0.2, 0) is 6.42 Å². The van der Waals surface area contributed by atoms with E-state index >= 15 is 0 Å². The van der Waals surface area contributed by atoms with Gasteiger partial charge in [0, 0.05) is 23.7 Å². The van der Waals surface area contributed by atoms with Crippen molar-refractivity contribution >= 4 is 0 Å². The van der Waals surface area contributed by atoms with Crippen LogP contribution in [0.15, 0.2) is 48.7 Å². The Bertz CT molecular complexity index is 502. The van der Waals surface area contributed by atoms with E-state index in [0.717, 1.165) is 12.8 Å². The molecular formula is C19H20N. The van der Waals surface area contributed by atoms with Gasteiger partial charge in [-0.05, 0) is 49.1 Å². The molecule has 1 fully saturated rings. The summed E-state index contributed by atoms with van der Waals surface area (Å²) in [7, 11) is 0. The van der Waals surface area contributed by atoms with Gasteiger partial charge in [0.15, 0.2) is 0 Å². The van der Waals surface area contributed by atoms with Gasteiger partial charge in [0.2, 0.25) is 0 Å². The summed E-state index contributed by atoms with van der Waals surface area (Å²) >= 11 is 0. The summed E-state index contributed by atoms with van der Waals surface area (Å²) in [5.41, 5.74) is 1.31. The van der Waals surface area contributed by atoms with Crippen molar-refractivity contribution in [2.45, 2.75) is 26.7 Å². The topological polar surface area (TPSA) is 12.9 Å². The molecule has 3 rings (SSSR count). The van der Waals surface area contributed by atoms with E-state index < -0.39 is 0 Å². The molecule has 1 heteroatoms. The zero-order valence-electron chi connectivity index (χ0n) is 12.1. The predicted octanol–water partition coefficient (Wildman–Crippen LogP) is 4.31. The van der Waals surface area contributed by atoms with Crippen molar-refractivity contribution in [3.8, 4) is 0 Å². The van der Waals surface area contributed by atoms with Crippen LogP contribution in [0.5, 0.6) is 0 Å². The summed E-state index contributed by atoms with van der Waals surface area (Å²) < 4.78 is 0. The van der Waals surface area contributed by atoms with Gasteiger partial charge >= 0.3 is 0 Å². The minimum atomic E-state index is 0.136. The van der Waals surface area contributed by atoms with Crippen LogP contribution in [0.4, 0.5) is 0 Å². The molecule has 0 aliphatic heterocycles. The normalized spacial score (nSPS) is 22.9. The number of hydrogen-bond donors (Lipinski definition) is 0. The fourth-order valence-corrected chi connectivity index (χ4v) is 2.99. The summed E-state index contributed by atoms with van der Waals surface area (Å²) in [6, 6.07) is 6.17. The van der Waals surface area contributed by atoms with Crippen molar-refractivity contribution < 1.29 is 0 Å². The van der Waals surface area contributed by atoms with Gasteiger partial charge in [-0.3, -0.25) is 4.98 Å². The molecule has 1 aromatic heterocycles. The maximum absolute atomic E-state index is 4.50. The maximum atomic E-state index is 4.50. The van der Waals surface area contributed by atoms with Gasteiger partial charge < -0.3 is 0 Å². The van der Waals surface area contributed by atoms with Crippen LogP contribution in [0.25, 0.3) is 0 Å². The second-order valence-electron chi connectivity index (χ2n) is 5.75. The van der Waals surface area contributed by atoms with Gasteiger partial charge in [0.05, 0.1) is 0 Å². The van der Waals surface area contributed by atoms with Crippen molar-refractivity contribution in [3.63, 3.8) is 0 Å². The van der Waals surface area contributed by atoms with Crippen LogP contribution < -0.4 is 0 Å². The zero-order valence-corrected chi connectivity index (χ0v) is 12.1. The number of aromatic nitrogens is 1. The molecule has 1 aromatic rings. The highest BCUT2D eigenvalue weighted by molar-refractivity contribution is 5.63. The van der Waals surface area contributed by atoms with E-state index in [4.69, 9.17) is 0 Å². The molecule has 20 heavy (non-hydrogen) atoms. The third-order valence-electron chi connectivity index (χ3n) is 4.41. The molecule has 2 aliphatic carbocycles. The van der Waals surface area contributed by atoms with E-state index in [-0.39, 0.29) is 5.41 Å². The second-order valence-corrected chi connectivity index (χ2v) is 5.75. The Hall–Kier alpha value is -1.37. The molecule has 0 spiro atoms. The fourth-order valence-electron chi connectivity index (χ4n) is 2.99. The third kappa shape index (κ3) is 2.46. The van der Waals surface area contributed by atoms with Crippen LogP contribution in [0.2, 0.25) is 0 Å². The maximum Gasteiger partial charge on any atom is 0.0409 e. The molecule has 1 atom stereocenters. The van der Waals surface area contributed by atoms with E-state index in [1.807, 2.05) is 12.3 Å². The Morgan fingerprint density at radius 1 is 1.10 bits per heavy atom. The first-order chi connectivity index (χ1) is 9.73. The molecule has 5 radical (unpaired) electrons. The molecule has 1 unspecified atom stereocenters. The summed E-state index contributed by atoms with van der Waals surface area (Å²) in [4.78, 5) is 4.50. The lowest BCUT2D eigenvalue weighted by Gasteiger charge is -2.37. The molecular weight excluding hydrogens is 242 g/mol. The first-order valence-corrected chi connectivity index (χ1v) is 7.28. The lowest BCUT2D eigenvalue weighted by Crippen LogP contribution is -2.30. The SMILES string of the molecule is CCC(C)(Cc1ccccn1)[C]1[CH][CH][C]2C=CC=C[C]21. The Balaban J connectivity index is 1.82. The van der Waals surface area contributed by atoms with Gasteiger partial charge in [-0.15, -0.1) is 0 Å². The van der Waals surface area contributed by atoms with E-state index in [1.165, 1.54) is 23.4 Å². The molecule has 0 N–H and O–H groups in total. The average molecular weight is 262 g/mol. The third-order valence-corrected chi connectivity index (χ3v) is 4.41. The molecule has 0 amide bonds. The molecule has 1 nitrogen and oxygen atoms in total. The number of fused-ring (bicyclic) bond motifs is 1. The summed E-state index contributed by atoms with van der Waals surface area (Å²) in [6.45, 7) is 4.62. The minimum Gasteiger partial charge on any atom is -0.261 e. The Morgan fingerprint density at radius 3 is 2.70 bits per heavy atom. The second kappa shape index (κ2) is 5.55. The first kappa shape index (κ1) is 13.6. The Kier molecular flexibility index (Phi) is 3.78. The standard InChI is InChI=1S/C19H20N/c1-3-19(2,14-16-9-6-7-13-20-16)18-12-11-15-8-4-5-10-17(15)18/h4-13H,3,14H2,1-2H3. The van der Waals surface area contributed by atoms with Crippen LogP contribution in [0.3, 0.4) is 0 Å². The van der Waals surface area contributed by atoms with Crippen molar-refractivity contribution in [1.82, 2.24) is 4.98 Å². The summed E-state index contributed by atoms with van der Waals surface area (Å²) in [6.07, 6.45) is 17.2. The van der Waals surface area contributed by atoms with E-state index in [0.29, 0.717) is 0 Å². The lowest BCUT2D eigenvalue weighted by molar-refractivity contribution is 0.338. The number of nitrogens with zero attached hydrogens (tertiary/aromatic N) is 1. The minimum absolute atomic E-state index is 0.136. The molecule has 0 saturated heterocycles. The van der Waals surface area contributed by atoms with Crippen LogP contribution in [0.1, 0.15) is 26.0 Å². The van der Waals surface area contributed by atoms with Gasteiger partial charge in [-0.1, -0.05) is 44.2 Å². The van der Waals surface area contributed by atoms with Crippen molar-refractivity contribution in [2.75, 3.05) is 0 Å². The highest BCUT2D eigenvalue weighted by Gasteiger charge is 2.45.